The number of hydrogen-bond acceptors (Lipinski definition) is 7. The van der Waals surface area contributed by atoms with E-state index in [4.69, 9.17) is 15.9 Å². The molecule has 5 N–H and O–H groups in total. The van der Waals surface area contributed by atoms with Gasteiger partial charge in [-0.1, -0.05) is 0 Å². The monoisotopic (exact) mass is 326 g/mol. The van der Waals surface area contributed by atoms with Crippen LogP contribution in [0.15, 0.2) is 0 Å². The summed E-state index contributed by atoms with van der Waals surface area (Å²) >= 11 is 0. The molecule has 0 aromatic heterocycles. The van der Waals surface area contributed by atoms with E-state index < -0.39 is 24.0 Å². The summed E-state index contributed by atoms with van der Waals surface area (Å²) in [5, 5.41) is 19.8. The van der Waals surface area contributed by atoms with E-state index in [1.165, 1.54) is 21.6 Å². The average Bonchev–Trinajstić information content (AvgIpc) is 2.35. The molecule has 0 saturated carbocycles. The summed E-state index contributed by atoms with van der Waals surface area (Å²) in [7, 11) is 2.50. The molecule has 0 radical (unpaired) electrons. The van der Waals surface area contributed by atoms with E-state index in [0.717, 1.165) is 0 Å². The Bertz CT molecular complexity index is 402. The molecule has 19 heavy (non-hydrogen) atoms. The van der Waals surface area contributed by atoms with E-state index >= 15 is 0 Å². The minimum atomic E-state index is -1.03. The summed E-state index contributed by atoms with van der Waals surface area (Å²) in [5.41, 5.74) is 5.33. The van der Waals surface area contributed by atoms with Crippen LogP contribution in [0, 0.1) is 5.75 Å². The van der Waals surface area contributed by atoms with Crippen LogP contribution in [-0.2, 0) is 14.2 Å². The van der Waals surface area contributed by atoms with Gasteiger partial charge in [0.25, 0.3) is 0 Å². The van der Waals surface area contributed by atoms with Crippen LogP contribution in [0.25, 0.3) is 0 Å². The Morgan fingerprint density at radius 1 is 1.21 bits per heavy atom. The van der Waals surface area contributed by atoms with Gasteiger partial charge < -0.3 is 0 Å². The summed E-state index contributed by atoms with van der Waals surface area (Å²) in [5.74, 6) is 1.29. The Balaban J connectivity index is 3.70. The van der Waals surface area contributed by atoms with Crippen molar-refractivity contribution in [2.45, 2.75) is 24.9 Å². The molecule has 0 heterocycles. The zero-order chi connectivity index (χ0) is 14.7. The zero-order valence-corrected chi connectivity index (χ0v) is 12.5. The second-order valence-electron chi connectivity index (χ2n) is 3.40. The van der Waals surface area contributed by atoms with E-state index in [2.05, 4.69) is 11.1 Å². The van der Waals surface area contributed by atoms with Gasteiger partial charge in [0, 0.05) is 0 Å². The Kier molecular flexibility index (Phi) is 11.1. The Morgan fingerprint density at radius 3 is 2.26 bits per heavy atom. The topological polar surface area (TPSA) is 130 Å². The molecular weight excluding hydrogens is 311 g/mol. The number of carbonyl (C=O) groups is 2. The molecule has 0 amide bonds. The first-order valence-corrected chi connectivity index (χ1v) is 8.57. The van der Waals surface area contributed by atoms with Crippen LogP contribution in [0.3, 0.4) is 0 Å². The fourth-order valence-electron chi connectivity index (χ4n) is 0.944. The van der Waals surface area contributed by atoms with Crippen LogP contribution in [0.1, 0.15) is 12.8 Å². The van der Waals surface area contributed by atoms with Crippen LogP contribution in [0.2, 0.25) is 0 Å². The molecule has 0 aliphatic rings. The van der Waals surface area contributed by atoms with Gasteiger partial charge in [-0.3, -0.25) is 0 Å². The van der Waals surface area contributed by atoms with Crippen LogP contribution in [0.5, 0.6) is 0 Å². The van der Waals surface area contributed by atoms with E-state index in [0.29, 0.717) is 24.3 Å². The van der Waals surface area contributed by atoms with Crippen molar-refractivity contribution in [2.75, 3.05) is 11.5 Å². The summed E-state index contributed by atoms with van der Waals surface area (Å²) in [4.78, 5) is 21.2. The average molecular weight is 326 g/mol. The van der Waals surface area contributed by atoms with Crippen molar-refractivity contribution in [1.82, 2.24) is 5.32 Å². The number of carboxylic acid groups (broad SMARTS) is 2. The number of carboxylic acids is 2. The SMILES string of the molecule is N[C@@H](CCSSCC[C@H](NC#P=O)C(=O)O)C(=O)O. The van der Waals surface area contributed by atoms with Crippen LogP contribution in [0.4, 0.5) is 0 Å². The third-order valence-corrected chi connectivity index (χ3v) is 4.68. The van der Waals surface area contributed by atoms with E-state index in [1.807, 2.05) is 0 Å². The van der Waals surface area contributed by atoms with E-state index in [1.54, 1.807) is 0 Å². The number of nitrogens with one attached hydrogen (secondary N) is 1. The molecule has 0 saturated heterocycles. The van der Waals surface area contributed by atoms with Crippen molar-refractivity contribution < 1.29 is 24.4 Å². The van der Waals surface area contributed by atoms with Crippen molar-refractivity contribution in [3.63, 3.8) is 0 Å². The molecule has 0 unspecified atom stereocenters. The fraction of sp³-hybridized carbons (Fsp3) is 0.667. The van der Waals surface area contributed by atoms with Crippen molar-refractivity contribution in [3.05, 3.63) is 0 Å². The molecule has 0 spiro atoms. The second-order valence-corrected chi connectivity index (χ2v) is 6.51. The molecule has 108 valence electrons. The van der Waals surface area contributed by atoms with Gasteiger partial charge in [-0.05, 0) is 0 Å². The summed E-state index contributed by atoms with van der Waals surface area (Å²) in [6.45, 7) is 0. The number of hydrogen-bond donors (Lipinski definition) is 4. The number of nitrogens with two attached hydrogens (primary N) is 1. The Morgan fingerprint density at radius 2 is 1.79 bits per heavy atom. The standard InChI is InChI=1S/C9H15N2O5PS2/c10-6(8(12)13)1-3-18-19-4-2-7(9(14)15)11-5-17-16/h6-7,11H,1-4,10H2,(H,12,13)(H,14,15)/t6-,7-/m0/s1. The molecule has 0 aromatic carbocycles. The van der Waals surface area contributed by atoms with Gasteiger partial charge in [0.2, 0.25) is 0 Å². The fourth-order valence-corrected chi connectivity index (χ4v) is 3.35. The molecule has 0 bridgehead atoms. The third kappa shape index (κ3) is 10.1. The minimum absolute atomic E-state index is 0.348. The summed E-state index contributed by atoms with van der Waals surface area (Å²) in [6, 6.07) is -1.68. The predicted octanol–water partition coefficient (Wildman–Crippen LogP) is 0.811. The maximum atomic E-state index is 10.8. The molecule has 0 aromatic rings. The van der Waals surface area contributed by atoms with E-state index in [9.17, 15) is 14.2 Å². The third-order valence-electron chi connectivity index (χ3n) is 1.99. The quantitative estimate of drug-likeness (QED) is 0.199. The van der Waals surface area contributed by atoms with Crippen LogP contribution < -0.4 is 11.1 Å². The summed E-state index contributed by atoms with van der Waals surface area (Å²) < 4.78 is 10.1. The Hall–Kier alpha value is -0.430. The van der Waals surface area contributed by atoms with E-state index in [-0.39, 0.29) is 7.92 Å². The molecule has 0 aliphatic carbocycles. The van der Waals surface area contributed by atoms with Gasteiger partial charge in [0.1, 0.15) is 0 Å². The molecule has 0 fully saturated rings. The number of aliphatic carboxylic acids is 2. The first kappa shape index (κ1) is 18.6. The molecule has 0 aliphatic heterocycles. The van der Waals surface area contributed by atoms with Gasteiger partial charge in [-0.15, -0.1) is 0 Å². The van der Waals surface area contributed by atoms with Crippen LogP contribution >= 0.6 is 29.5 Å². The molecule has 10 heteroatoms. The molecule has 0 rings (SSSR count). The molecule has 2 atom stereocenters. The van der Waals surface area contributed by atoms with Crippen molar-refractivity contribution >= 4 is 41.4 Å². The second kappa shape index (κ2) is 11.4. The van der Waals surface area contributed by atoms with Gasteiger partial charge in [-0.25, -0.2) is 0 Å². The predicted molar refractivity (Wildman–Crippen MR) is 75.8 cm³/mol. The number of rotatable bonds is 10. The van der Waals surface area contributed by atoms with Crippen molar-refractivity contribution in [2.24, 2.45) is 5.73 Å². The van der Waals surface area contributed by atoms with Gasteiger partial charge in [0.05, 0.1) is 0 Å². The van der Waals surface area contributed by atoms with Crippen molar-refractivity contribution in [1.29, 1.82) is 0 Å². The van der Waals surface area contributed by atoms with Crippen molar-refractivity contribution in [3.8, 4) is 5.75 Å². The normalized spacial score (nSPS) is 13.3. The van der Waals surface area contributed by atoms with Gasteiger partial charge >= 0.3 is 119 Å². The molecule has 7 nitrogen and oxygen atoms in total. The molecular formula is C9H15N2O5PS2. The maximum absolute atomic E-state index is 10.8. The summed E-state index contributed by atoms with van der Waals surface area (Å²) in [6.07, 6.45) is 0.713. The first-order valence-electron chi connectivity index (χ1n) is 5.27. The first-order chi connectivity index (χ1) is 8.99. The van der Waals surface area contributed by atoms with Gasteiger partial charge in [0.15, 0.2) is 0 Å². The Labute approximate surface area is 119 Å². The van der Waals surface area contributed by atoms with Gasteiger partial charge in [-0.2, -0.15) is 0 Å². The van der Waals surface area contributed by atoms with Crippen LogP contribution in [-0.4, -0.2) is 45.7 Å². The zero-order valence-electron chi connectivity index (χ0n) is 9.94.